The number of ether oxygens (including phenoxy) is 2. The number of aryl methyl sites for hydroxylation is 2. The molecule has 16 heteroatoms. The summed E-state index contributed by atoms with van der Waals surface area (Å²) in [6.07, 6.45) is -5.40. The molecule has 1 aromatic heterocycles. The Bertz CT molecular complexity index is 1460. The van der Waals surface area contributed by atoms with E-state index in [2.05, 4.69) is 9.88 Å². The molecule has 0 saturated carbocycles. The Kier molecular flexibility index (Phi) is 13.1. The highest BCUT2D eigenvalue weighted by Crippen LogP contribution is 2.30. The standard InChI is InChI=1S/C31H45F3N4O8S/c1-19-16-38(20(2)18-39)30(41)25-15-24(36-47(42,43)29-22(4)35-46-23(29)5)10-11-26(25)45-21(3)9-7-8-14-44-27(19)17-37(6)28(40)12-13-31(32,33)34/h10-11,15,19-21,27,36,39H,7-9,12-14,16-18H2,1-6H3/t19-,20-,21+,27-/m0/s1. The number of alkyl halides is 3. The van der Waals surface area contributed by atoms with Crippen LogP contribution >= 0.6 is 0 Å². The van der Waals surface area contributed by atoms with Gasteiger partial charge in [-0.25, -0.2) is 8.42 Å². The number of aromatic nitrogens is 1. The number of rotatable bonds is 9. The number of fused-ring (bicyclic) bond motifs is 1. The maximum Gasteiger partial charge on any atom is 0.389 e. The summed E-state index contributed by atoms with van der Waals surface area (Å²) in [5.41, 5.74) is 0.305. The zero-order valence-electron chi connectivity index (χ0n) is 27.6. The van der Waals surface area contributed by atoms with Gasteiger partial charge in [0.2, 0.25) is 5.91 Å². The van der Waals surface area contributed by atoms with Crippen molar-refractivity contribution in [2.75, 3.05) is 38.1 Å². The molecule has 2 amide bonds. The third kappa shape index (κ3) is 10.6. The number of amides is 2. The van der Waals surface area contributed by atoms with Crippen molar-refractivity contribution in [1.82, 2.24) is 15.0 Å². The summed E-state index contributed by atoms with van der Waals surface area (Å²) in [7, 11) is -2.72. The van der Waals surface area contributed by atoms with Crippen molar-refractivity contribution in [3.63, 3.8) is 0 Å². The summed E-state index contributed by atoms with van der Waals surface area (Å²) in [5, 5.41) is 13.8. The molecule has 0 fully saturated rings. The number of aliphatic hydroxyl groups is 1. The molecule has 3 rings (SSSR count). The second kappa shape index (κ2) is 16.2. The molecule has 2 N–H and O–H groups in total. The van der Waals surface area contributed by atoms with Crippen molar-refractivity contribution in [2.45, 2.75) is 96.0 Å². The predicted octanol–water partition coefficient (Wildman–Crippen LogP) is 4.69. The van der Waals surface area contributed by atoms with Crippen LogP contribution in [0.1, 0.15) is 74.7 Å². The number of hydrogen-bond acceptors (Lipinski definition) is 9. The number of anilines is 1. The number of sulfonamides is 1. The Balaban J connectivity index is 1.97. The first-order chi connectivity index (χ1) is 21.9. The van der Waals surface area contributed by atoms with Gasteiger partial charge in [0.25, 0.3) is 15.9 Å². The first-order valence-electron chi connectivity index (χ1n) is 15.5. The van der Waals surface area contributed by atoms with Crippen molar-refractivity contribution in [2.24, 2.45) is 5.92 Å². The lowest BCUT2D eigenvalue weighted by Crippen LogP contribution is -2.48. The summed E-state index contributed by atoms with van der Waals surface area (Å²) in [6, 6.07) is 3.67. The van der Waals surface area contributed by atoms with E-state index in [1.807, 2.05) is 6.92 Å². The minimum atomic E-state index is -4.46. The second-order valence-corrected chi connectivity index (χ2v) is 13.8. The quantitative estimate of drug-likeness (QED) is 0.382. The van der Waals surface area contributed by atoms with E-state index in [0.717, 1.165) is 0 Å². The average Bonchev–Trinajstić information content (AvgIpc) is 3.34. The molecule has 264 valence electrons. The van der Waals surface area contributed by atoms with E-state index in [0.29, 0.717) is 25.9 Å². The molecule has 1 aliphatic rings. The minimum absolute atomic E-state index is 0.00285. The van der Waals surface area contributed by atoms with Gasteiger partial charge in [-0.15, -0.1) is 0 Å². The summed E-state index contributed by atoms with van der Waals surface area (Å²) >= 11 is 0. The summed E-state index contributed by atoms with van der Waals surface area (Å²) in [6.45, 7) is 8.21. The molecule has 47 heavy (non-hydrogen) atoms. The number of hydrogen-bond donors (Lipinski definition) is 2. The molecular formula is C31H45F3N4O8S. The Morgan fingerprint density at radius 1 is 1.23 bits per heavy atom. The van der Waals surface area contributed by atoms with Crippen LogP contribution in [0.15, 0.2) is 27.6 Å². The second-order valence-electron chi connectivity index (χ2n) is 12.2. The lowest BCUT2D eigenvalue weighted by Gasteiger charge is -2.36. The lowest BCUT2D eigenvalue weighted by atomic mass is 10.0. The molecule has 0 saturated heterocycles. The van der Waals surface area contributed by atoms with E-state index in [1.165, 1.54) is 48.9 Å². The largest absolute Gasteiger partial charge is 0.490 e. The van der Waals surface area contributed by atoms with E-state index < -0.39 is 65.5 Å². The van der Waals surface area contributed by atoms with E-state index in [-0.39, 0.29) is 52.5 Å². The van der Waals surface area contributed by atoms with Gasteiger partial charge in [0.15, 0.2) is 10.7 Å². The fraction of sp³-hybridized carbons (Fsp3) is 0.645. The number of carbonyl (C=O) groups excluding carboxylic acids is 2. The molecule has 2 aromatic rings. The van der Waals surface area contributed by atoms with Crippen LogP contribution in [0.25, 0.3) is 0 Å². The van der Waals surface area contributed by atoms with Crippen LogP contribution in [0.4, 0.5) is 18.9 Å². The van der Waals surface area contributed by atoms with E-state index in [4.69, 9.17) is 14.0 Å². The molecule has 0 unspecified atom stereocenters. The first kappa shape index (κ1) is 38.1. The number of nitrogens with zero attached hydrogens (tertiary/aromatic N) is 3. The van der Waals surface area contributed by atoms with Gasteiger partial charge in [-0.05, 0) is 65.2 Å². The lowest BCUT2D eigenvalue weighted by molar-refractivity contribution is -0.149. The zero-order valence-corrected chi connectivity index (χ0v) is 28.4. The van der Waals surface area contributed by atoms with Crippen molar-refractivity contribution in [3.05, 3.63) is 35.2 Å². The normalized spacial score (nSPS) is 20.9. The summed E-state index contributed by atoms with van der Waals surface area (Å²) in [5.74, 6) is -1.34. The highest BCUT2D eigenvalue weighted by Gasteiger charge is 2.33. The number of nitrogens with one attached hydrogen (secondary N) is 1. The Morgan fingerprint density at radius 3 is 2.55 bits per heavy atom. The number of aliphatic hydroxyl groups excluding tert-OH is 1. The fourth-order valence-corrected chi connectivity index (χ4v) is 6.71. The van der Waals surface area contributed by atoms with Gasteiger partial charge < -0.3 is 28.9 Å². The van der Waals surface area contributed by atoms with Crippen molar-refractivity contribution in [1.29, 1.82) is 0 Å². The molecule has 0 bridgehead atoms. The number of halogens is 3. The number of carbonyl (C=O) groups is 2. The number of likely N-dealkylation sites (N-methyl/N-ethyl adjacent to an activating group) is 1. The van der Waals surface area contributed by atoms with Crippen LogP contribution in [0.5, 0.6) is 5.75 Å². The minimum Gasteiger partial charge on any atom is -0.490 e. The van der Waals surface area contributed by atoms with Crippen LogP contribution in [-0.2, 0) is 19.6 Å². The van der Waals surface area contributed by atoms with Crippen molar-refractivity contribution < 1.29 is 50.3 Å². The topological polar surface area (TPSA) is 152 Å². The highest BCUT2D eigenvalue weighted by molar-refractivity contribution is 7.92. The van der Waals surface area contributed by atoms with Gasteiger partial charge in [0.05, 0.1) is 36.8 Å². The van der Waals surface area contributed by atoms with Gasteiger partial charge >= 0.3 is 6.18 Å². The van der Waals surface area contributed by atoms with E-state index >= 15 is 0 Å². The first-order valence-corrected chi connectivity index (χ1v) is 17.0. The third-order valence-corrected chi connectivity index (χ3v) is 9.67. The molecule has 0 spiro atoms. The molecule has 1 aromatic carbocycles. The highest BCUT2D eigenvalue weighted by atomic mass is 32.2. The SMILES string of the molecule is Cc1noc(C)c1S(=O)(=O)Nc1ccc2c(c1)C(=O)N([C@@H](C)CO)C[C@H](C)[C@H](CN(C)C(=O)CCC(F)(F)F)OCCCC[C@@H](C)O2. The zero-order chi connectivity index (χ0) is 35.1. The van der Waals surface area contributed by atoms with Crippen LogP contribution in [0.3, 0.4) is 0 Å². The van der Waals surface area contributed by atoms with Crippen LogP contribution < -0.4 is 9.46 Å². The van der Waals surface area contributed by atoms with Gasteiger partial charge in [-0.2, -0.15) is 13.2 Å². The smallest absolute Gasteiger partial charge is 0.389 e. The Morgan fingerprint density at radius 2 is 1.94 bits per heavy atom. The monoisotopic (exact) mass is 690 g/mol. The summed E-state index contributed by atoms with van der Waals surface area (Å²) < 4.78 is 84.5. The van der Waals surface area contributed by atoms with Gasteiger partial charge in [-0.3, -0.25) is 14.3 Å². The van der Waals surface area contributed by atoms with Crippen LogP contribution in [0, 0.1) is 19.8 Å². The third-order valence-electron chi connectivity index (χ3n) is 8.04. The molecule has 12 nitrogen and oxygen atoms in total. The maximum absolute atomic E-state index is 14.3. The van der Waals surface area contributed by atoms with Crippen LogP contribution in [-0.4, -0.2) is 98.1 Å². The molecule has 2 heterocycles. The van der Waals surface area contributed by atoms with Crippen molar-refractivity contribution >= 4 is 27.5 Å². The van der Waals surface area contributed by atoms with Crippen molar-refractivity contribution in [3.8, 4) is 5.75 Å². The molecule has 4 atom stereocenters. The molecular weight excluding hydrogens is 645 g/mol. The molecule has 0 aliphatic carbocycles. The number of benzene rings is 1. The average molecular weight is 691 g/mol. The van der Waals surface area contributed by atoms with E-state index in [9.17, 15) is 36.3 Å². The molecule has 1 aliphatic heterocycles. The van der Waals surface area contributed by atoms with E-state index in [1.54, 1.807) is 13.8 Å². The predicted molar refractivity (Wildman–Crippen MR) is 167 cm³/mol. The molecule has 0 radical (unpaired) electrons. The fourth-order valence-electron chi connectivity index (χ4n) is 5.32. The maximum atomic E-state index is 14.3. The Hall–Kier alpha value is -3.37. The van der Waals surface area contributed by atoms with Crippen LogP contribution in [0.2, 0.25) is 0 Å². The van der Waals surface area contributed by atoms with Gasteiger partial charge in [0.1, 0.15) is 11.4 Å². The van der Waals surface area contributed by atoms with Gasteiger partial charge in [-0.1, -0.05) is 12.1 Å². The Labute approximate surface area is 273 Å². The summed E-state index contributed by atoms with van der Waals surface area (Å²) in [4.78, 5) is 29.3. The van der Waals surface area contributed by atoms with Gasteiger partial charge in [0, 0.05) is 44.8 Å².